The Bertz CT molecular complexity index is 3110. The van der Waals surface area contributed by atoms with Crippen molar-refractivity contribution in [2.24, 2.45) is 0 Å². The molecule has 6 aromatic carbocycles. The van der Waals surface area contributed by atoms with Gasteiger partial charge in [-0.1, -0.05) is 152 Å². The van der Waals surface area contributed by atoms with Gasteiger partial charge in [0.15, 0.2) is 0 Å². The van der Waals surface area contributed by atoms with Crippen LogP contribution < -0.4 is 4.74 Å². The van der Waals surface area contributed by atoms with Crippen molar-refractivity contribution in [2.75, 3.05) is 0 Å². The summed E-state index contributed by atoms with van der Waals surface area (Å²) in [5.74, 6) is 1.12. The molecular formula is C59H61N3OPt. The van der Waals surface area contributed by atoms with Crippen molar-refractivity contribution >= 4 is 11.0 Å². The van der Waals surface area contributed by atoms with Gasteiger partial charge < -0.3 is 4.74 Å². The van der Waals surface area contributed by atoms with E-state index in [9.17, 15) is 0 Å². The molecule has 0 unspecified atom stereocenters. The standard InChI is InChI=1S/C59H61N3O.Pt/c1-36-18-20-40(21-19-36)42-24-25-60-51(34-42)45-29-44(32-46(33-45)57(5,6)7)49-16-15-17-53-54(49)61-56(50-27-37(2)26-39(4)55(50)63-14)62(53)52-23-22-41(28-38(52)3)43-30-47(58(8,9)10)35-48(31-43)59(11,12)13;/h15-28,30-35H,14H2,1-13H3;/q-2;+2/i3D3;. The molecule has 64 heavy (non-hydrogen) atoms. The molecule has 0 aliphatic rings. The van der Waals surface area contributed by atoms with Gasteiger partial charge in [-0.05, 0) is 124 Å². The van der Waals surface area contributed by atoms with E-state index in [1.54, 1.807) is 0 Å². The molecule has 0 aliphatic carbocycles. The van der Waals surface area contributed by atoms with Crippen molar-refractivity contribution in [1.82, 2.24) is 14.5 Å². The van der Waals surface area contributed by atoms with Gasteiger partial charge in [0.05, 0.1) is 28.0 Å². The van der Waals surface area contributed by atoms with Gasteiger partial charge in [-0.2, -0.15) is 7.11 Å². The predicted octanol–water partition coefficient (Wildman–Crippen LogP) is 15.8. The smallest absolute Gasteiger partial charge is 0.665 e. The molecule has 2 heterocycles. The number of nitrogens with zero attached hydrogens (tertiary/aromatic N) is 3. The Morgan fingerprint density at radius 1 is 0.594 bits per heavy atom. The molecule has 4 nitrogen and oxygen atoms in total. The van der Waals surface area contributed by atoms with Gasteiger partial charge in [0.25, 0.3) is 0 Å². The Morgan fingerprint density at radius 2 is 1.22 bits per heavy atom. The quantitative estimate of drug-likeness (QED) is 0.149. The van der Waals surface area contributed by atoms with E-state index in [2.05, 4.69) is 155 Å². The molecule has 0 amide bonds. The maximum absolute atomic E-state index is 9.09. The maximum atomic E-state index is 9.09. The van der Waals surface area contributed by atoms with E-state index in [0.29, 0.717) is 28.3 Å². The largest absolute Gasteiger partial charge is 2.00 e. The summed E-state index contributed by atoms with van der Waals surface area (Å²) in [4.78, 5) is 10.4. The topological polar surface area (TPSA) is 39.9 Å². The van der Waals surface area contributed by atoms with Gasteiger partial charge in [0.1, 0.15) is 5.82 Å². The van der Waals surface area contributed by atoms with E-state index in [1.807, 2.05) is 67.1 Å². The Balaban J connectivity index is 0.00000666. The number of aryl methyl sites for hydroxylation is 4. The van der Waals surface area contributed by atoms with Crippen molar-refractivity contribution in [3.8, 4) is 67.5 Å². The molecule has 0 saturated heterocycles. The van der Waals surface area contributed by atoms with Crippen LogP contribution >= 0.6 is 0 Å². The third kappa shape index (κ3) is 9.18. The van der Waals surface area contributed by atoms with Crippen LogP contribution in [0.5, 0.6) is 5.75 Å². The molecule has 0 fully saturated rings. The first kappa shape index (κ1) is 42.4. The summed E-state index contributed by atoms with van der Waals surface area (Å²) in [6.45, 7) is 23.6. The number of pyridine rings is 1. The van der Waals surface area contributed by atoms with Crippen LogP contribution in [-0.2, 0) is 37.3 Å². The van der Waals surface area contributed by atoms with Crippen molar-refractivity contribution in [3.05, 3.63) is 174 Å². The van der Waals surface area contributed by atoms with Crippen LogP contribution in [0, 0.1) is 40.8 Å². The first-order valence-corrected chi connectivity index (χ1v) is 21.9. The third-order valence-corrected chi connectivity index (χ3v) is 12.2. The second-order valence-corrected chi connectivity index (χ2v) is 20.3. The summed E-state index contributed by atoms with van der Waals surface area (Å²) < 4.78 is 35.1. The molecule has 2 aromatic heterocycles. The Labute approximate surface area is 400 Å². The molecule has 0 aliphatic heterocycles. The molecule has 0 atom stereocenters. The van der Waals surface area contributed by atoms with E-state index in [0.717, 1.165) is 66.8 Å². The van der Waals surface area contributed by atoms with Crippen LogP contribution in [0.2, 0.25) is 0 Å². The van der Waals surface area contributed by atoms with E-state index in [4.69, 9.17) is 18.8 Å². The molecule has 8 aromatic rings. The van der Waals surface area contributed by atoms with Gasteiger partial charge >= 0.3 is 21.1 Å². The van der Waals surface area contributed by atoms with Crippen LogP contribution in [0.1, 0.15) is 105 Å². The van der Waals surface area contributed by atoms with Crippen molar-refractivity contribution in [2.45, 2.75) is 106 Å². The zero-order chi connectivity index (χ0) is 47.7. The predicted molar refractivity (Wildman–Crippen MR) is 266 cm³/mol. The van der Waals surface area contributed by atoms with E-state index >= 15 is 0 Å². The average molecular weight is 1030 g/mol. The number of imidazole rings is 1. The Hall–Kier alpha value is -5.57. The van der Waals surface area contributed by atoms with Gasteiger partial charge in [-0.15, -0.1) is 29.3 Å². The van der Waals surface area contributed by atoms with Crippen LogP contribution in [-0.4, -0.2) is 14.5 Å². The number of ether oxygens (including phenoxy) is 1. The summed E-state index contributed by atoms with van der Waals surface area (Å²) in [5, 5.41) is 0. The summed E-state index contributed by atoms with van der Waals surface area (Å²) in [5.41, 5.74) is 16.5. The number of para-hydroxylation sites is 1. The van der Waals surface area contributed by atoms with Crippen LogP contribution in [0.25, 0.3) is 72.7 Å². The summed E-state index contributed by atoms with van der Waals surface area (Å²) in [6, 6.07) is 43.6. The fourth-order valence-corrected chi connectivity index (χ4v) is 8.41. The monoisotopic (exact) mass is 1030 g/mol. The Morgan fingerprint density at radius 3 is 1.86 bits per heavy atom. The average Bonchev–Trinajstić information content (AvgIpc) is 3.64. The second-order valence-electron chi connectivity index (χ2n) is 20.3. The molecule has 0 N–H and O–H groups in total. The minimum absolute atomic E-state index is 0. The molecular weight excluding hydrogens is 962 g/mol. The number of aromatic nitrogens is 3. The number of hydrogen-bond acceptors (Lipinski definition) is 3. The van der Waals surface area contributed by atoms with Crippen LogP contribution in [0.15, 0.2) is 121 Å². The van der Waals surface area contributed by atoms with Gasteiger partial charge in [0, 0.05) is 16.0 Å². The SMILES string of the molecule is [2H]C([2H])([2H])c1cc(-c2cc(C(C)(C)C)cc(C(C)(C)C)c2)ccc1-n1c(-c2cc(C)cc(C)c2O[CH2-])nc2c(-c3[c-]c(-c4cc(-c5ccc(C)cc5)ccn4)cc(C(C)(C)C)c3)cccc21.[Pt+2]. The maximum Gasteiger partial charge on any atom is 2.00 e. The van der Waals surface area contributed by atoms with Gasteiger partial charge in [-0.25, -0.2) is 4.98 Å². The van der Waals surface area contributed by atoms with Crippen molar-refractivity contribution in [1.29, 1.82) is 0 Å². The van der Waals surface area contributed by atoms with Crippen molar-refractivity contribution in [3.63, 3.8) is 0 Å². The Kier molecular flexibility index (Phi) is 11.5. The molecule has 0 bridgehead atoms. The number of hydrogen-bond donors (Lipinski definition) is 0. The van der Waals surface area contributed by atoms with Crippen molar-refractivity contribution < 1.29 is 29.9 Å². The normalized spacial score (nSPS) is 13.0. The second kappa shape index (κ2) is 17.4. The van der Waals surface area contributed by atoms with E-state index in [-0.39, 0.29) is 42.9 Å². The fraction of sp³-hybridized carbons (Fsp3) is 0.271. The minimum atomic E-state index is -2.48. The number of fused-ring (bicyclic) bond motifs is 1. The first-order chi connectivity index (χ1) is 30.9. The molecule has 328 valence electrons. The van der Waals surface area contributed by atoms with E-state index in [1.165, 1.54) is 16.7 Å². The molecule has 8 rings (SSSR count). The minimum Gasteiger partial charge on any atom is -0.665 e. The number of rotatable bonds is 7. The fourth-order valence-electron chi connectivity index (χ4n) is 8.41. The van der Waals surface area contributed by atoms with E-state index < -0.39 is 6.85 Å². The zero-order valence-electron chi connectivity index (χ0n) is 42.3. The van der Waals surface area contributed by atoms with Gasteiger partial charge in [-0.3, -0.25) is 9.55 Å². The van der Waals surface area contributed by atoms with Gasteiger partial charge in [0.2, 0.25) is 0 Å². The number of benzene rings is 6. The first-order valence-electron chi connectivity index (χ1n) is 23.4. The summed E-state index contributed by atoms with van der Waals surface area (Å²) >= 11 is 0. The summed E-state index contributed by atoms with van der Waals surface area (Å²) in [7, 11) is 3.87. The molecule has 0 radical (unpaired) electrons. The molecule has 5 heteroatoms. The third-order valence-electron chi connectivity index (χ3n) is 12.2. The van der Waals surface area contributed by atoms with Crippen LogP contribution in [0.3, 0.4) is 0 Å². The molecule has 0 spiro atoms. The summed E-state index contributed by atoms with van der Waals surface area (Å²) in [6.07, 6.45) is 1.86. The van der Waals surface area contributed by atoms with Crippen LogP contribution in [0.4, 0.5) is 0 Å². The zero-order valence-corrected chi connectivity index (χ0v) is 41.6. The molecule has 0 saturated carbocycles.